The van der Waals surface area contributed by atoms with E-state index in [2.05, 4.69) is 64.6 Å². The minimum Gasteiger partial charge on any atom is -0.493 e. The lowest BCUT2D eigenvalue weighted by Crippen LogP contribution is -2.42. The zero-order chi connectivity index (χ0) is 24.5. The van der Waals surface area contributed by atoms with E-state index in [9.17, 15) is 4.79 Å². The number of rotatable bonds is 7. The van der Waals surface area contributed by atoms with Crippen molar-refractivity contribution in [3.63, 3.8) is 0 Å². The second kappa shape index (κ2) is 10.1. The summed E-state index contributed by atoms with van der Waals surface area (Å²) in [7, 11) is 5.73. The van der Waals surface area contributed by atoms with Gasteiger partial charge in [-0.25, -0.2) is 0 Å². The molecule has 8 heteroatoms. The molecule has 0 N–H and O–H groups in total. The van der Waals surface area contributed by atoms with Gasteiger partial charge in [-0.3, -0.25) is 9.79 Å². The fourth-order valence-electron chi connectivity index (χ4n) is 4.67. The van der Waals surface area contributed by atoms with Crippen molar-refractivity contribution in [1.29, 1.82) is 0 Å². The molecule has 0 spiro atoms. The lowest BCUT2D eigenvalue weighted by atomic mass is 10.0. The molecular weight excluding hydrogens is 526 g/mol. The van der Waals surface area contributed by atoms with Crippen molar-refractivity contribution in [2.45, 2.75) is 37.6 Å². The van der Waals surface area contributed by atoms with Crippen LogP contribution in [0.5, 0.6) is 11.5 Å². The highest BCUT2D eigenvalue weighted by molar-refractivity contribution is 9.08. The molecule has 1 aromatic heterocycles. The predicted molar refractivity (Wildman–Crippen MR) is 143 cm³/mol. The highest BCUT2D eigenvalue weighted by Crippen LogP contribution is 2.36. The summed E-state index contributed by atoms with van der Waals surface area (Å²) < 4.78 is 11.9. The van der Waals surface area contributed by atoms with Crippen molar-refractivity contribution in [2.24, 2.45) is 4.99 Å². The molecule has 35 heavy (non-hydrogen) atoms. The highest BCUT2D eigenvalue weighted by atomic mass is 79.9. The monoisotopic (exact) mass is 553 g/mol. The van der Waals surface area contributed by atoms with Crippen LogP contribution in [-0.4, -0.2) is 49.3 Å². The molecule has 2 aliphatic heterocycles. The van der Waals surface area contributed by atoms with Crippen molar-refractivity contribution < 1.29 is 14.3 Å². The number of thiophene rings is 1. The number of hydrogen-bond acceptors (Lipinski definition) is 6. The van der Waals surface area contributed by atoms with Crippen LogP contribution in [-0.2, 0) is 31.4 Å². The first-order valence-corrected chi connectivity index (χ1v) is 13.5. The van der Waals surface area contributed by atoms with Gasteiger partial charge in [0.25, 0.3) is 5.91 Å². The van der Waals surface area contributed by atoms with Gasteiger partial charge in [0, 0.05) is 41.5 Å². The van der Waals surface area contributed by atoms with Gasteiger partial charge in [-0.05, 0) is 59.9 Å². The number of carbonyl (C=O) groups is 1. The standard InChI is InChI=1S/C27H28BrN3O3S/c1-30(2)14-18-6-17(12-28)7-19(8-18)16-34-24-9-21-13-29-26-11-25-20(4-5-35-25)15-31(26)27(32)22(21)10-23(24)33-3/h4-10,13,26H,11-12,14-16H2,1-3H3/t26-/m0/s1. The number of benzene rings is 2. The predicted octanol–water partition coefficient (Wildman–Crippen LogP) is 5.25. The van der Waals surface area contributed by atoms with Gasteiger partial charge in [0.15, 0.2) is 11.5 Å². The molecule has 0 fully saturated rings. The van der Waals surface area contributed by atoms with E-state index >= 15 is 0 Å². The summed E-state index contributed by atoms with van der Waals surface area (Å²) in [4.78, 5) is 23.6. The molecule has 182 valence electrons. The molecule has 0 saturated carbocycles. The number of aliphatic imine (C=N–C) groups is 1. The maximum Gasteiger partial charge on any atom is 0.256 e. The van der Waals surface area contributed by atoms with E-state index in [1.807, 2.05) is 17.2 Å². The van der Waals surface area contributed by atoms with Gasteiger partial charge in [-0.2, -0.15) is 0 Å². The average molecular weight is 555 g/mol. The third-order valence-electron chi connectivity index (χ3n) is 6.28. The molecule has 3 aromatic rings. The molecular formula is C27H28BrN3O3S. The Labute approximate surface area is 218 Å². The molecule has 0 bridgehead atoms. The Morgan fingerprint density at radius 1 is 1.14 bits per heavy atom. The highest BCUT2D eigenvalue weighted by Gasteiger charge is 2.34. The number of halogens is 1. The van der Waals surface area contributed by atoms with Crippen LogP contribution >= 0.6 is 27.3 Å². The summed E-state index contributed by atoms with van der Waals surface area (Å²) in [5.41, 5.74) is 6.09. The second-order valence-electron chi connectivity index (χ2n) is 9.17. The summed E-state index contributed by atoms with van der Waals surface area (Å²) in [6.45, 7) is 1.84. The first kappa shape index (κ1) is 24.0. The maximum atomic E-state index is 13.5. The van der Waals surface area contributed by atoms with Gasteiger partial charge in [0.2, 0.25) is 0 Å². The quantitative estimate of drug-likeness (QED) is 0.375. The molecule has 1 atom stereocenters. The van der Waals surface area contributed by atoms with Crippen molar-refractivity contribution in [2.75, 3.05) is 21.2 Å². The third kappa shape index (κ3) is 5.01. The van der Waals surface area contributed by atoms with E-state index in [-0.39, 0.29) is 12.1 Å². The Bertz CT molecular complexity index is 1290. The summed E-state index contributed by atoms with van der Waals surface area (Å²) in [5, 5.41) is 2.87. The van der Waals surface area contributed by atoms with Crippen LogP contribution < -0.4 is 9.47 Å². The van der Waals surface area contributed by atoms with Gasteiger partial charge in [0.05, 0.1) is 12.7 Å². The fraction of sp³-hybridized carbons (Fsp3) is 0.333. The first-order chi connectivity index (χ1) is 16.9. The smallest absolute Gasteiger partial charge is 0.256 e. The molecule has 3 heterocycles. The number of methoxy groups -OCH3 is 1. The van der Waals surface area contributed by atoms with Gasteiger partial charge in [0.1, 0.15) is 12.8 Å². The number of ether oxygens (including phenoxy) is 2. The van der Waals surface area contributed by atoms with E-state index in [1.165, 1.54) is 21.6 Å². The van der Waals surface area contributed by atoms with Gasteiger partial charge in [-0.15, -0.1) is 11.3 Å². The van der Waals surface area contributed by atoms with Crippen LogP contribution in [0.15, 0.2) is 46.8 Å². The lowest BCUT2D eigenvalue weighted by Gasteiger charge is -2.32. The third-order valence-corrected chi connectivity index (χ3v) is 7.91. The minimum absolute atomic E-state index is 0.0254. The molecule has 5 rings (SSSR count). The average Bonchev–Trinajstić information content (AvgIpc) is 3.27. The van der Waals surface area contributed by atoms with Crippen LogP contribution in [0, 0.1) is 0 Å². The number of carbonyl (C=O) groups excluding carboxylic acids is 1. The number of hydrogen-bond donors (Lipinski definition) is 0. The van der Waals surface area contributed by atoms with Crippen LogP contribution in [0.25, 0.3) is 0 Å². The number of amides is 1. The van der Waals surface area contributed by atoms with Crippen molar-refractivity contribution >= 4 is 39.4 Å². The van der Waals surface area contributed by atoms with E-state index in [0.717, 1.165) is 29.4 Å². The summed E-state index contributed by atoms with van der Waals surface area (Å²) in [5.74, 6) is 1.12. The lowest BCUT2D eigenvalue weighted by molar-refractivity contribution is 0.0654. The van der Waals surface area contributed by atoms with Crippen LogP contribution in [0.1, 0.15) is 43.1 Å². The van der Waals surface area contributed by atoms with Gasteiger partial charge < -0.3 is 19.3 Å². The Morgan fingerprint density at radius 3 is 2.71 bits per heavy atom. The summed E-state index contributed by atoms with van der Waals surface area (Å²) in [6, 6.07) is 12.3. The zero-order valence-electron chi connectivity index (χ0n) is 20.1. The Hall–Kier alpha value is -2.68. The number of nitrogens with zero attached hydrogens (tertiary/aromatic N) is 3. The Morgan fingerprint density at radius 2 is 1.94 bits per heavy atom. The van der Waals surface area contributed by atoms with E-state index in [4.69, 9.17) is 14.5 Å². The van der Waals surface area contributed by atoms with E-state index < -0.39 is 0 Å². The molecule has 0 unspecified atom stereocenters. The second-order valence-corrected chi connectivity index (χ2v) is 10.7. The Balaban J connectivity index is 1.41. The van der Waals surface area contributed by atoms with Gasteiger partial charge >= 0.3 is 0 Å². The van der Waals surface area contributed by atoms with Crippen molar-refractivity contribution in [3.8, 4) is 11.5 Å². The first-order valence-electron chi connectivity index (χ1n) is 11.5. The summed E-state index contributed by atoms with van der Waals surface area (Å²) >= 11 is 5.31. The van der Waals surface area contributed by atoms with Crippen molar-refractivity contribution in [3.05, 3.63) is 80.0 Å². The SMILES string of the molecule is COc1cc2c(cc1OCc1cc(CBr)cc(CN(C)C)c1)C=N[C@@H]1Cc3sccc3CN1C2=O. The van der Waals surface area contributed by atoms with Gasteiger partial charge in [-0.1, -0.05) is 34.1 Å². The van der Waals surface area contributed by atoms with E-state index in [0.29, 0.717) is 30.2 Å². The fourth-order valence-corrected chi connectivity index (χ4v) is 5.92. The molecule has 2 aromatic carbocycles. The minimum atomic E-state index is -0.182. The van der Waals surface area contributed by atoms with E-state index in [1.54, 1.807) is 24.5 Å². The number of fused-ring (bicyclic) bond motifs is 3. The largest absolute Gasteiger partial charge is 0.493 e. The zero-order valence-corrected chi connectivity index (χ0v) is 22.5. The Kier molecular flexibility index (Phi) is 6.95. The maximum absolute atomic E-state index is 13.5. The van der Waals surface area contributed by atoms with Crippen LogP contribution in [0.2, 0.25) is 0 Å². The molecule has 0 radical (unpaired) electrons. The molecule has 6 nitrogen and oxygen atoms in total. The van der Waals surface area contributed by atoms with Crippen LogP contribution in [0.3, 0.4) is 0 Å². The molecule has 0 saturated heterocycles. The number of alkyl halides is 1. The topological polar surface area (TPSA) is 54.4 Å². The molecule has 2 aliphatic rings. The summed E-state index contributed by atoms with van der Waals surface area (Å²) in [6.07, 6.45) is 2.38. The molecule has 0 aliphatic carbocycles. The normalized spacial score (nSPS) is 16.5. The molecule has 1 amide bonds. The van der Waals surface area contributed by atoms with Crippen LogP contribution in [0.4, 0.5) is 0 Å². The van der Waals surface area contributed by atoms with Crippen molar-refractivity contribution in [1.82, 2.24) is 9.80 Å².